The maximum Gasteiger partial charge on any atom is 0.128 e. The first kappa shape index (κ1) is 14.0. The second-order valence-electron chi connectivity index (χ2n) is 6.05. The summed E-state index contributed by atoms with van der Waals surface area (Å²) >= 11 is 0. The normalized spacial score (nSPS) is 24.6. The minimum atomic E-state index is -0.113. The maximum atomic E-state index is 14.0. The van der Waals surface area contributed by atoms with E-state index < -0.39 is 0 Å². The van der Waals surface area contributed by atoms with Gasteiger partial charge in [0.2, 0.25) is 0 Å². The fourth-order valence-electron chi connectivity index (χ4n) is 3.45. The SMILES string of the molecule is NCc1ccc(CN2CCC(N3CCCC3)C2)c(F)c1. The van der Waals surface area contributed by atoms with Gasteiger partial charge >= 0.3 is 0 Å². The molecular weight excluding hydrogens is 253 g/mol. The maximum absolute atomic E-state index is 14.0. The molecule has 0 saturated carbocycles. The number of rotatable bonds is 4. The molecule has 0 bridgehead atoms. The second kappa shape index (κ2) is 6.20. The highest BCUT2D eigenvalue weighted by Gasteiger charge is 2.29. The molecule has 2 saturated heterocycles. The zero-order valence-electron chi connectivity index (χ0n) is 12.0. The molecule has 0 aromatic heterocycles. The van der Waals surface area contributed by atoms with Crippen molar-refractivity contribution in [2.75, 3.05) is 26.2 Å². The van der Waals surface area contributed by atoms with Crippen molar-refractivity contribution >= 4 is 0 Å². The summed E-state index contributed by atoms with van der Waals surface area (Å²) in [6, 6.07) is 6.08. The van der Waals surface area contributed by atoms with E-state index in [2.05, 4.69) is 9.80 Å². The average Bonchev–Trinajstić information content (AvgIpc) is 3.11. The van der Waals surface area contributed by atoms with Crippen LogP contribution in [-0.2, 0) is 13.1 Å². The molecule has 1 aromatic rings. The quantitative estimate of drug-likeness (QED) is 0.913. The molecule has 3 nitrogen and oxygen atoms in total. The van der Waals surface area contributed by atoms with Gasteiger partial charge in [-0.25, -0.2) is 4.39 Å². The van der Waals surface area contributed by atoms with Gasteiger partial charge in [-0.2, -0.15) is 0 Å². The van der Waals surface area contributed by atoms with Crippen LogP contribution in [0.25, 0.3) is 0 Å². The molecule has 2 heterocycles. The van der Waals surface area contributed by atoms with Crippen molar-refractivity contribution in [1.29, 1.82) is 0 Å². The Hall–Kier alpha value is -0.970. The van der Waals surface area contributed by atoms with Crippen LogP contribution in [0.1, 0.15) is 30.4 Å². The van der Waals surface area contributed by atoms with Gasteiger partial charge in [-0.3, -0.25) is 9.80 Å². The molecule has 0 aliphatic carbocycles. The molecule has 20 heavy (non-hydrogen) atoms. The summed E-state index contributed by atoms with van der Waals surface area (Å²) in [6.07, 6.45) is 3.90. The van der Waals surface area contributed by atoms with Gasteiger partial charge < -0.3 is 5.73 Å². The molecule has 0 amide bonds. The lowest BCUT2D eigenvalue weighted by Gasteiger charge is -2.23. The van der Waals surface area contributed by atoms with E-state index in [1.807, 2.05) is 12.1 Å². The molecule has 0 radical (unpaired) electrons. The molecule has 110 valence electrons. The molecule has 3 rings (SSSR count). The molecule has 2 aliphatic rings. The monoisotopic (exact) mass is 277 g/mol. The number of hydrogen-bond acceptors (Lipinski definition) is 3. The van der Waals surface area contributed by atoms with Crippen molar-refractivity contribution in [1.82, 2.24) is 9.80 Å². The highest BCUT2D eigenvalue weighted by Crippen LogP contribution is 2.22. The van der Waals surface area contributed by atoms with Gasteiger partial charge in [-0.05, 0) is 44.0 Å². The third-order valence-corrected chi connectivity index (χ3v) is 4.65. The lowest BCUT2D eigenvalue weighted by atomic mass is 10.1. The Morgan fingerprint density at radius 2 is 2.00 bits per heavy atom. The molecule has 2 N–H and O–H groups in total. The van der Waals surface area contributed by atoms with Crippen LogP contribution in [0.3, 0.4) is 0 Å². The van der Waals surface area contributed by atoms with E-state index in [1.165, 1.54) is 32.4 Å². The number of nitrogens with two attached hydrogens (primary N) is 1. The van der Waals surface area contributed by atoms with Crippen LogP contribution in [0, 0.1) is 5.82 Å². The van der Waals surface area contributed by atoms with Crippen LogP contribution in [0.2, 0.25) is 0 Å². The average molecular weight is 277 g/mol. The van der Waals surface area contributed by atoms with Crippen molar-refractivity contribution in [2.24, 2.45) is 5.73 Å². The predicted molar refractivity (Wildman–Crippen MR) is 78.8 cm³/mol. The van der Waals surface area contributed by atoms with Crippen LogP contribution in [-0.4, -0.2) is 42.0 Å². The smallest absolute Gasteiger partial charge is 0.128 e. The Bertz CT molecular complexity index is 457. The largest absolute Gasteiger partial charge is 0.326 e. The van der Waals surface area contributed by atoms with Crippen molar-refractivity contribution in [2.45, 2.75) is 38.4 Å². The number of nitrogens with zero attached hydrogens (tertiary/aromatic N) is 2. The minimum absolute atomic E-state index is 0.113. The zero-order valence-corrected chi connectivity index (χ0v) is 12.0. The fraction of sp³-hybridized carbons (Fsp3) is 0.625. The molecule has 0 spiro atoms. The summed E-state index contributed by atoms with van der Waals surface area (Å²) in [7, 11) is 0. The van der Waals surface area contributed by atoms with Gasteiger partial charge in [0, 0.05) is 37.8 Å². The number of halogens is 1. The lowest BCUT2D eigenvalue weighted by molar-refractivity contribution is 0.229. The summed E-state index contributed by atoms with van der Waals surface area (Å²) in [5, 5.41) is 0. The van der Waals surface area contributed by atoms with E-state index >= 15 is 0 Å². The number of likely N-dealkylation sites (tertiary alicyclic amines) is 2. The van der Waals surface area contributed by atoms with Crippen molar-refractivity contribution < 1.29 is 4.39 Å². The first-order chi connectivity index (χ1) is 9.76. The molecule has 2 aliphatic heterocycles. The third kappa shape index (κ3) is 3.03. The Morgan fingerprint density at radius 3 is 2.70 bits per heavy atom. The first-order valence-electron chi connectivity index (χ1n) is 7.70. The Labute approximate surface area is 120 Å². The van der Waals surface area contributed by atoms with E-state index in [9.17, 15) is 4.39 Å². The summed E-state index contributed by atoms with van der Waals surface area (Å²) < 4.78 is 14.0. The Kier molecular flexibility index (Phi) is 4.34. The topological polar surface area (TPSA) is 32.5 Å². The Balaban J connectivity index is 1.58. The third-order valence-electron chi connectivity index (χ3n) is 4.65. The highest BCUT2D eigenvalue weighted by molar-refractivity contribution is 5.24. The van der Waals surface area contributed by atoms with E-state index in [1.54, 1.807) is 6.07 Å². The summed E-state index contributed by atoms with van der Waals surface area (Å²) in [5.41, 5.74) is 7.20. The summed E-state index contributed by atoms with van der Waals surface area (Å²) in [6.45, 7) is 5.78. The van der Waals surface area contributed by atoms with Crippen molar-refractivity contribution in [3.05, 3.63) is 35.1 Å². The molecular formula is C16H24FN3. The highest BCUT2D eigenvalue weighted by atomic mass is 19.1. The molecule has 2 fully saturated rings. The van der Waals surface area contributed by atoms with Crippen LogP contribution in [0.5, 0.6) is 0 Å². The predicted octanol–water partition coefficient (Wildman–Crippen LogP) is 1.95. The van der Waals surface area contributed by atoms with Crippen molar-refractivity contribution in [3.8, 4) is 0 Å². The van der Waals surface area contributed by atoms with Gasteiger partial charge in [-0.15, -0.1) is 0 Å². The van der Waals surface area contributed by atoms with Crippen molar-refractivity contribution in [3.63, 3.8) is 0 Å². The number of hydrogen-bond donors (Lipinski definition) is 1. The minimum Gasteiger partial charge on any atom is -0.326 e. The van der Waals surface area contributed by atoms with Gasteiger partial charge in [0.25, 0.3) is 0 Å². The first-order valence-corrected chi connectivity index (χ1v) is 7.70. The fourth-order valence-corrected chi connectivity index (χ4v) is 3.45. The number of benzene rings is 1. The van der Waals surface area contributed by atoms with E-state index in [0.29, 0.717) is 12.6 Å². The summed E-state index contributed by atoms with van der Waals surface area (Å²) in [5.74, 6) is -0.113. The summed E-state index contributed by atoms with van der Waals surface area (Å²) in [4.78, 5) is 4.98. The van der Waals surface area contributed by atoms with Gasteiger partial charge in [0.15, 0.2) is 0 Å². The Morgan fingerprint density at radius 1 is 1.20 bits per heavy atom. The van der Waals surface area contributed by atoms with Crippen LogP contribution >= 0.6 is 0 Å². The standard InChI is InChI=1S/C16H24FN3/c17-16-9-13(10-18)3-4-14(16)11-19-8-5-15(12-19)20-6-1-2-7-20/h3-4,9,15H,1-2,5-8,10-12,18H2. The van der Waals surface area contributed by atoms with E-state index in [4.69, 9.17) is 5.73 Å². The van der Waals surface area contributed by atoms with E-state index in [0.717, 1.165) is 30.8 Å². The van der Waals surface area contributed by atoms with Crippen LogP contribution < -0.4 is 5.73 Å². The zero-order chi connectivity index (χ0) is 13.9. The lowest BCUT2D eigenvalue weighted by Crippen LogP contribution is -2.35. The molecule has 1 unspecified atom stereocenters. The molecule has 4 heteroatoms. The van der Waals surface area contributed by atoms with Gasteiger partial charge in [-0.1, -0.05) is 12.1 Å². The second-order valence-corrected chi connectivity index (χ2v) is 6.05. The van der Waals surface area contributed by atoms with Crippen LogP contribution in [0.4, 0.5) is 4.39 Å². The van der Waals surface area contributed by atoms with E-state index in [-0.39, 0.29) is 5.82 Å². The van der Waals surface area contributed by atoms with Gasteiger partial charge in [0.1, 0.15) is 5.82 Å². The van der Waals surface area contributed by atoms with Gasteiger partial charge in [0.05, 0.1) is 0 Å². The molecule has 1 aromatic carbocycles. The van der Waals surface area contributed by atoms with Crippen LogP contribution in [0.15, 0.2) is 18.2 Å². The molecule has 1 atom stereocenters.